The summed E-state index contributed by atoms with van der Waals surface area (Å²) < 4.78 is 0. The lowest BCUT2D eigenvalue weighted by Crippen LogP contribution is -2.35. The molecule has 1 aromatic heterocycles. The molecule has 1 fully saturated rings. The number of amides is 2. The smallest absolute Gasteiger partial charge is 0.271 e. The minimum atomic E-state index is -0.185. The van der Waals surface area contributed by atoms with E-state index in [0.717, 1.165) is 35.6 Å². The summed E-state index contributed by atoms with van der Waals surface area (Å²) in [7, 11) is 0. The van der Waals surface area contributed by atoms with E-state index >= 15 is 0 Å². The van der Waals surface area contributed by atoms with Gasteiger partial charge in [0.2, 0.25) is 5.91 Å². The van der Waals surface area contributed by atoms with Gasteiger partial charge in [-0.1, -0.05) is 12.1 Å². The fourth-order valence-electron chi connectivity index (χ4n) is 2.80. The summed E-state index contributed by atoms with van der Waals surface area (Å²) in [6, 6.07) is 7.76. The van der Waals surface area contributed by atoms with E-state index in [1.165, 1.54) is 11.3 Å². The Morgan fingerprint density at radius 3 is 2.73 bits per heavy atom. The number of nitrogens with zero attached hydrogens (tertiary/aromatic N) is 2. The molecule has 140 valence electrons. The standard InChI is InChI=1S/C18H22N4O2S.ClH/c19-9-8-16-21-15(12-25-16)18(24)20-11-13-4-6-14(7-5-13)22-10-2-1-3-17(22)23;/h4-7,12H,1-3,8-11,19H2,(H,20,24);1H. The molecule has 3 rings (SSSR count). The van der Waals surface area contributed by atoms with E-state index < -0.39 is 0 Å². The molecular formula is C18H23ClN4O2S. The van der Waals surface area contributed by atoms with Crippen molar-refractivity contribution in [1.29, 1.82) is 0 Å². The molecule has 1 aromatic carbocycles. The highest BCUT2D eigenvalue weighted by atomic mass is 35.5. The van der Waals surface area contributed by atoms with E-state index in [-0.39, 0.29) is 24.2 Å². The maximum atomic E-state index is 12.1. The van der Waals surface area contributed by atoms with Crippen molar-refractivity contribution in [3.63, 3.8) is 0 Å². The molecule has 2 heterocycles. The van der Waals surface area contributed by atoms with Crippen LogP contribution in [0.3, 0.4) is 0 Å². The van der Waals surface area contributed by atoms with Crippen LogP contribution in [0, 0.1) is 0 Å². The summed E-state index contributed by atoms with van der Waals surface area (Å²) in [5.41, 5.74) is 7.84. The maximum absolute atomic E-state index is 12.1. The highest BCUT2D eigenvalue weighted by Gasteiger charge is 2.19. The largest absolute Gasteiger partial charge is 0.347 e. The van der Waals surface area contributed by atoms with Gasteiger partial charge in [-0.05, 0) is 37.1 Å². The van der Waals surface area contributed by atoms with Crippen LogP contribution < -0.4 is 16.0 Å². The van der Waals surface area contributed by atoms with Crippen LogP contribution in [-0.2, 0) is 17.8 Å². The molecule has 1 saturated heterocycles. The summed E-state index contributed by atoms with van der Waals surface area (Å²) >= 11 is 1.45. The Labute approximate surface area is 163 Å². The van der Waals surface area contributed by atoms with Crippen molar-refractivity contribution in [2.24, 2.45) is 5.73 Å². The van der Waals surface area contributed by atoms with Crippen LogP contribution in [-0.4, -0.2) is 29.9 Å². The van der Waals surface area contributed by atoms with Gasteiger partial charge in [-0.15, -0.1) is 23.7 Å². The van der Waals surface area contributed by atoms with Crippen molar-refractivity contribution in [1.82, 2.24) is 10.3 Å². The second-order valence-electron chi connectivity index (χ2n) is 6.02. The van der Waals surface area contributed by atoms with Gasteiger partial charge in [0.1, 0.15) is 5.69 Å². The third-order valence-electron chi connectivity index (χ3n) is 4.17. The third kappa shape index (κ3) is 5.03. The number of benzene rings is 1. The molecule has 2 aromatic rings. The zero-order valence-electron chi connectivity index (χ0n) is 14.4. The van der Waals surface area contributed by atoms with Gasteiger partial charge in [-0.25, -0.2) is 4.98 Å². The molecule has 3 N–H and O–H groups in total. The molecule has 0 atom stereocenters. The van der Waals surface area contributed by atoms with Crippen LogP contribution in [0.5, 0.6) is 0 Å². The Balaban J connectivity index is 0.00000243. The number of thiazole rings is 1. The fourth-order valence-corrected chi connectivity index (χ4v) is 3.59. The van der Waals surface area contributed by atoms with Gasteiger partial charge in [0.25, 0.3) is 5.91 Å². The van der Waals surface area contributed by atoms with Crippen molar-refractivity contribution < 1.29 is 9.59 Å². The number of hydrogen-bond acceptors (Lipinski definition) is 5. The summed E-state index contributed by atoms with van der Waals surface area (Å²) in [5.74, 6) is -0.000996. The second kappa shape index (κ2) is 9.66. The Hall–Kier alpha value is -1.96. The molecule has 0 unspecified atom stereocenters. The fraction of sp³-hybridized carbons (Fsp3) is 0.389. The topological polar surface area (TPSA) is 88.3 Å². The molecule has 0 aliphatic carbocycles. The van der Waals surface area contributed by atoms with Crippen molar-refractivity contribution in [3.05, 3.63) is 45.9 Å². The van der Waals surface area contributed by atoms with Gasteiger partial charge in [0.15, 0.2) is 0 Å². The number of rotatable bonds is 6. The Kier molecular flexibility index (Phi) is 7.56. The Morgan fingerprint density at radius 1 is 1.27 bits per heavy atom. The molecular weight excluding hydrogens is 372 g/mol. The predicted molar refractivity (Wildman–Crippen MR) is 106 cm³/mol. The minimum Gasteiger partial charge on any atom is -0.347 e. The lowest BCUT2D eigenvalue weighted by Gasteiger charge is -2.26. The number of nitrogens with one attached hydrogen (secondary N) is 1. The number of aromatic nitrogens is 1. The molecule has 1 aliphatic heterocycles. The Morgan fingerprint density at radius 2 is 2.04 bits per heavy atom. The summed E-state index contributed by atoms with van der Waals surface area (Å²) in [6.45, 7) is 1.74. The highest BCUT2D eigenvalue weighted by Crippen LogP contribution is 2.21. The number of piperidine rings is 1. The lowest BCUT2D eigenvalue weighted by molar-refractivity contribution is -0.119. The van der Waals surface area contributed by atoms with Crippen molar-refractivity contribution in [2.45, 2.75) is 32.2 Å². The van der Waals surface area contributed by atoms with Crippen LogP contribution in [0.1, 0.15) is 40.3 Å². The van der Waals surface area contributed by atoms with E-state index in [9.17, 15) is 9.59 Å². The van der Waals surface area contributed by atoms with Crippen LogP contribution in [0.25, 0.3) is 0 Å². The van der Waals surface area contributed by atoms with Crippen molar-refractivity contribution in [3.8, 4) is 0 Å². The van der Waals surface area contributed by atoms with E-state index in [1.807, 2.05) is 29.2 Å². The summed E-state index contributed by atoms with van der Waals surface area (Å²) in [6.07, 6.45) is 3.33. The normalized spacial score (nSPS) is 14.0. The quantitative estimate of drug-likeness (QED) is 0.787. The first-order valence-corrected chi connectivity index (χ1v) is 9.37. The molecule has 6 nitrogen and oxygen atoms in total. The van der Waals surface area contributed by atoms with Crippen LogP contribution in [0.2, 0.25) is 0 Å². The molecule has 0 radical (unpaired) electrons. The molecule has 0 spiro atoms. The summed E-state index contributed by atoms with van der Waals surface area (Å²) in [5, 5.41) is 5.51. The molecule has 8 heteroatoms. The maximum Gasteiger partial charge on any atom is 0.271 e. The van der Waals surface area contributed by atoms with Gasteiger partial charge >= 0.3 is 0 Å². The number of carbonyl (C=O) groups is 2. The zero-order valence-corrected chi connectivity index (χ0v) is 16.1. The average molecular weight is 395 g/mol. The van der Waals surface area contributed by atoms with Gasteiger partial charge < -0.3 is 16.0 Å². The van der Waals surface area contributed by atoms with Gasteiger partial charge in [-0.2, -0.15) is 0 Å². The molecule has 0 bridgehead atoms. The zero-order chi connectivity index (χ0) is 17.6. The van der Waals surface area contributed by atoms with Gasteiger partial charge in [0.05, 0.1) is 5.01 Å². The first kappa shape index (κ1) is 20.4. The second-order valence-corrected chi connectivity index (χ2v) is 6.96. The predicted octanol–water partition coefficient (Wildman–Crippen LogP) is 2.51. The SMILES string of the molecule is Cl.NCCc1nc(C(=O)NCc2ccc(N3CCCCC3=O)cc2)cs1. The first-order valence-electron chi connectivity index (χ1n) is 8.49. The van der Waals surface area contributed by atoms with E-state index in [4.69, 9.17) is 5.73 Å². The van der Waals surface area contributed by atoms with Gasteiger partial charge in [-0.3, -0.25) is 9.59 Å². The van der Waals surface area contributed by atoms with Crippen LogP contribution >= 0.6 is 23.7 Å². The van der Waals surface area contributed by atoms with Crippen molar-refractivity contribution >= 4 is 41.2 Å². The Bertz CT molecular complexity index is 748. The van der Waals surface area contributed by atoms with Crippen LogP contribution in [0.15, 0.2) is 29.6 Å². The number of nitrogens with two attached hydrogens (primary N) is 1. The minimum absolute atomic E-state index is 0. The third-order valence-corrected chi connectivity index (χ3v) is 5.08. The van der Waals surface area contributed by atoms with E-state index in [1.54, 1.807) is 5.38 Å². The number of anilines is 1. The lowest BCUT2D eigenvalue weighted by atomic mass is 10.1. The number of carbonyl (C=O) groups excluding carboxylic acids is 2. The molecule has 1 aliphatic rings. The van der Waals surface area contributed by atoms with Gasteiger partial charge in [0, 0.05) is 37.0 Å². The number of halogens is 1. The monoisotopic (exact) mass is 394 g/mol. The molecule has 2 amide bonds. The highest BCUT2D eigenvalue weighted by molar-refractivity contribution is 7.09. The average Bonchev–Trinajstić information content (AvgIpc) is 3.10. The van der Waals surface area contributed by atoms with Crippen LogP contribution in [0.4, 0.5) is 5.69 Å². The first-order chi connectivity index (χ1) is 12.2. The molecule has 26 heavy (non-hydrogen) atoms. The molecule has 0 saturated carbocycles. The summed E-state index contributed by atoms with van der Waals surface area (Å²) in [4.78, 5) is 30.2. The van der Waals surface area contributed by atoms with E-state index in [0.29, 0.717) is 31.6 Å². The van der Waals surface area contributed by atoms with Crippen molar-refractivity contribution in [2.75, 3.05) is 18.0 Å². The van der Waals surface area contributed by atoms with E-state index in [2.05, 4.69) is 10.3 Å². The number of hydrogen-bond donors (Lipinski definition) is 2.